The lowest BCUT2D eigenvalue weighted by Crippen LogP contribution is -2.28. The van der Waals surface area contributed by atoms with Gasteiger partial charge in [-0.15, -0.1) is 0 Å². The maximum atomic E-state index is 13.2. The fraction of sp³-hybridized carbons (Fsp3) is 0.200. The Kier molecular flexibility index (Phi) is 5.73. The van der Waals surface area contributed by atoms with E-state index in [1.807, 2.05) is 24.3 Å². The number of piperidine rings is 1. The Balaban J connectivity index is 1.13. The molecule has 39 heavy (non-hydrogen) atoms. The predicted molar refractivity (Wildman–Crippen MR) is 154 cm³/mol. The third kappa shape index (κ3) is 4.38. The van der Waals surface area contributed by atoms with Gasteiger partial charge in [-0.2, -0.15) is 0 Å². The van der Waals surface area contributed by atoms with Crippen molar-refractivity contribution in [2.45, 2.75) is 10.9 Å². The van der Waals surface area contributed by atoms with Gasteiger partial charge in [0.2, 0.25) is 0 Å². The smallest absolute Gasteiger partial charge is 0.268 e. The van der Waals surface area contributed by atoms with Crippen LogP contribution in [0.15, 0.2) is 96.3 Å². The van der Waals surface area contributed by atoms with E-state index in [0.717, 1.165) is 47.2 Å². The van der Waals surface area contributed by atoms with Gasteiger partial charge in [-0.05, 0) is 65.9 Å². The van der Waals surface area contributed by atoms with Crippen LogP contribution in [0.25, 0.3) is 27.9 Å². The standard InChI is InChI=1S/C30H28N6O2S/c31-29-25-17-35(18-26(25)29)13-4-5-20-8-10-27-24(15-20)30(33-19-32-27)34-22-9-11-28-21(16-22)12-14-36(28)39(37,38)23-6-2-1-3-7-23/h1-12,14-16,19,25-26,29H,13,17-18,31H2,(H,32,33,34). The van der Waals surface area contributed by atoms with Crippen molar-refractivity contribution >= 4 is 49.4 Å². The van der Waals surface area contributed by atoms with E-state index in [0.29, 0.717) is 29.2 Å². The summed E-state index contributed by atoms with van der Waals surface area (Å²) in [5, 5.41) is 5.13. The maximum Gasteiger partial charge on any atom is 0.268 e. The van der Waals surface area contributed by atoms with Gasteiger partial charge in [0.25, 0.3) is 10.0 Å². The molecule has 1 aliphatic heterocycles. The predicted octanol–water partition coefficient (Wildman–Crippen LogP) is 4.47. The van der Waals surface area contributed by atoms with Gasteiger partial charge >= 0.3 is 0 Å². The summed E-state index contributed by atoms with van der Waals surface area (Å²) in [6.07, 6.45) is 7.48. The Labute approximate surface area is 226 Å². The molecule has 9 heteroatoms. The first kappa shape index (κ1) is 24.0. The summed E-state index contributed by atoms with van der Waals surface area (Å²) in [5.41, 5.74) is 9.41. The molecule has 2 fully saturated rings. The van der Waals surface area contributed by atoms with Crippen LogP contribution in [0, 0.1) is 11.8 Å². The molecule has 2 atom stereocenters. The lowest BCUT2D eigenvalue weighted by Gasteiger charge is -2.15. The Morgan fingerprint density at radius 3 is 2.62 bits per heavy atom. The number of nitrogens with one attached hydrogen (secondary N) is 1. The van der Waals surface area contributed by atoms with E-state index in [2.05, 4.69) is 44.5 Å². The minimum atomic E-state index is -3.68. The molecule has 3 aromatic carbocycles. The van der Waals surface area contributed by atoms with Gasteiger partial charge in [-0.1, -0.05) is 36.4 Å². The lowest BCUT2D eigenvalue weighted by atomic mass is 10.1. The fourth-order valence-electron chi connectivity index (χ4n) is 5.67. The number of rotatable bonds is 7. The highest BCUT2D eigenvalue weighted by molar-refractivity contribution is 7.90. The van der Waals surface area contributed by atoms with Crippen LogP contribution in [0.3, 0.4) is 0 Å². The number of benzene rings is 3. The molecule has 8 nitrogen and oxygen atoms in total. The normalized spacial score (nSPS) is 21.1. The van der Waals surface area contributed by atoms with E-state index in [4.69, 9.17) is 5.73 Å². The van der Waals surface area contributed by atoms with Crippen LogP contribution in [0.2, 0.25) is 0 Å². The van der Waals surface area contributed by atoms with Crippen molar-refractivity contribution in [3.63, 3.8) is 0 Å². The topological polar surface area (TPSA) is 106 Å². The van der Waals surface area contributed by atoms with Gasteiger partial charge in [0.1, 0.15) is 12.1 Å². The number of nitrogens with two attached hydrogens (primary N) is 1. The first-order chi connectivity index (χ1) is 19.0. The number of fused-ring (bicyclic) bond motifs is 3. The quantitative estimate of drug-likeness (QED) is 0.316. The molecule has 196 valence electrons. The van der Waals surface area contributed by atoms with Crippen molar-refractivity contribution in [3.8, 4) is 0 Å². The SMILES string of the molecule is NC1C2CN(CC=Cc3ccc4ncnc(Nc5ccc6c(ccn6S(=O)(=O)c6ccccc6)c5)c4c3)CC12. The highest BCUT2D eigenvalue weighted by atomic mass is 32.2. The molecule has 3 heterocycles. The molecule has 0 amide bonds. The van der Waals surface area contributed by atoms with Crippen LogP contribution in [0.5, 0.6) is 0 Å². The lowest BCUT2D eigenvalue weighted by molar-refractivity contribution is 0.329. The minimum Gasteiger partial charge on any atom is -0.340 e. The van der Waals surface area contributed by atoms with Crippen LogP contribution < -0.4 is 11.1 Å². The van der Waals surface area contributed by atoms with Crippen molar-refractivity contribution in [1.82, 2.24) is 18.8 Å². The summed E-state index contributed by atoms with van der Waals surface area (Å²) in [4.78, 5) is 11.6. The molecule has 2 aromatic heterocycles. The molecule has 5 aromatic rings. The van der Waals surface area contributed by atoms with E-state index in [1.165, 1.54) is 3.97 Å². The Morgan fingerprint density at radius 2 is 1.79 bits per heavy atom. The third-order valence-electron chi connectivity index (χ3n) is 7.89. The molecule has 2 unspecified atom stereocenters. The van der Waals surface area contributed by atoms with Gasteiger partial charge in [0.15, 0.2) is 0 Å². The zero-order valence-corrected chi connectivity index (χ0v) is 22.0. The largest absolute Gasteiger partial charge is 0.340 e. The Bertz CT molecular complexity index is 1820. The number of nitrogens with zero attached hydrogens (tertiary/aromatic N) is 4. The molecule has 0 radical (unpaired) electrons. The van der Waals surface area contributed by atoms with Gasteiger partial charge in [0.05, 0.1) is 15.9 Å². The van der Waals surface area contributed by atoms with Crippen LogP contribution in [-0.2, 0) is 10.0 Å². The number of hydrogen-bond donors (Lipinski definition) is 2. The molecule has 0 bridgehead atoms. The molecule has 1 saturated carbocycles. The molecule has 2 aliphatic rings. The number of likely N-dealkylation sites (tertiary alicyclic amines) is 1. The molecular formula is C30H28N6O2S. The monoisotopic (exact) mass is 536 g/mol. The van der Waals surface area contributed by atoms with Crippen molar-refractivity contribution in [1.29, 1.82) is 0 Å². The van der Waals surface area contributed by atoms with E-state index in [1.54, 1.807) is 48.9 Å². The average molecular weight is 537 g/mol. The van der Waals surface area contributed by atoms with Crippen LogP contribution in [-0.4, -0.2) is 52.9 Å². The second kappa shape index (κ2) is 9.30. The second-order valence-corrected chi connectivity index (χ2v) is 12.2. The molecule has 1 aliphatic carbocycles. The first-order valence-corrected chi connectivity index (χ1v) is 14.5. The van der Waals surface area contributed by atoms with Crippen molar-refractivity contribution in [3.05, 3.63) is 97.0 Å². The minimum absolute atomic E-state index is 0.253. The van der Waals surface area contributed by atoms with E-state index in [9.17, 15) is 8.42 Å². The first-order valence-electron chi connectivity index (χ1n) is 13.1. The summed E-state index contributed by atoms with van der Waals surface area (Å²) in [6.45, 7) is 3.12. The molecule has 0 spiro atoms. The third-order valence-corrected chi connectivity index (χ3v) is 9.59. The highest BCUT2D eigenvalue weighted by Crippen LogP contribution is 2.43. The number of anilines is 2. The van der Waals surface area contributed by atoms with Gasteiger partial charge in [-0.3, -0.25) is 4.90 Å². The molecule has 3 N–H and O–H groups in total. The number of hydrogen-bond acceptors (Lipinski definition) is 7. The Hall–Kier alpha value is -4.05. The van der Waals surface area contributed by atoms with Gasteiger partial charge < -0.3 is 11.1 Å². The summed E-state index contributed by atoms with van der Waals surface area (Å²) in [5.74, 6) is 2.08. The fourth-order valence-corrected chi connectivity index (χ4v) is 7.05. The average Bonchev–Trinajstić information content (AvgIpc) is 3.30. The zero-order chi connectivity index (χ0) is 26.6. The van der Waals surface area contributed by atoms with Gasteiger partial charge in [0, 0.05) is 48.3 Å². The number of aromatic nitrogens is 3. The maximum absolute atomic E-state index is 13.2. The zero-order valence-electron chi connectivity index (χ0n) is 21.2. The van der Waals surface area contributed by atoms with Crippen LogP contribution in [0.1, 0.15) is 5.56 Å². The van der Waals surface area contributed by atoms with Crippen LogP contribution in [0.4, 0.5) is 11.5 Å². The Morgan fingerprint density at radius 1 is 0.974 bits per heavy atom. The van der Waals surface area contributed by atoms with Crippen molar-refractivity contribution in [2.24, 2.45) is 17.6 Å². The van der Waals surface area contributed by atoms with Crippen molar-refractivity contribution in [2.75, 3.05) is 25.0 Å². The summed E-state index contributed by atoms with van der Waals surface area (Å²) in [6, 6.07) is 22.4. The van der Waals surface area contributed by atoms with Crippen molar-refractivity contribution < 1.29 is 8.42 Å². The van der Waals surface area contributed by atoms with E-state index < -0.39 is 10.0 Å². The van der Waals surface area contributed by atoms with E-state index >= 15 is 0 Å². The summed E-state index contributed by atoms with van der Waals surface area (Å²) in [7, 11) is -3.68. The summed E-state index contributed by atoms with van der Waals surface area (Å²) >= 11 is 0. The highest BCUT2D eigenvalue weighted by Gasteiger charge is 2.53. The van der Waals surface area contributed by atoms with Gasteiger partial charge in [-0.25, -0.2) is 22.4 Å². The van der Waals surface area contributed by atoms with E-state index in [-0.39, 0.29) is 4.90 Å². The molecule has 1 saturated heterocycles. The molecule has 7 rings (SSSR count). The van der Waals surface area contributed by atoms with Crippen LogP contribution >= 0.6 is 0 Å². The molecular weight excluding hydrogens is 508 g/mol. The second-order valence-electron chi connectivity index (χ2n) is 10.4. The summed E-state index contributed by atoms with van der Waals surface area (Å²) < 4.78 is 27.6.